The third-order valence-electron chi connectivity index (χ3n) is 4.89. The Balaban J connectivity index is 1.28. The van der Waals surface area contributed by atoms with Crippen molar-refractivity contribution in [2.24, 2.45) is 0 Å². The van der Waals surface area contributed by atoms with Crippen molar-refractivity contribution in [1.82, 2.24) is 9.97 Å². The number of rotatable bonds is 8. The molecule has 0 fully saturated rings. The fourth-order valence-electron chi connectivity index (χ4n) is 3.52. The number of nitrogens with zero attached hydrogens (tertiary/aromatic N) is 1. The Labute approximate surface area is 189 Å². The predicted octanol–water partition coefficient (Wildman–Crippen LogP) is 4.68. The molecule has 1 amide bonds. The Bertz CT molecular complexity index is 1190. The number of hydrogen-bond donors (Lipinski definition) is 2. The first-order chi connectivity index (χ1) is 15.3. The number of ether oxygens (including phenoxy) is 1. The van der Waals surface area contributed by atoms with Crippen molar-refractivity contribution in [2.45, 2.75) is 37.6 Å². The number of thiophene rings is 1. The number of carbonyl (C=O) groups is 1. The highest BCUT2D eigenvalue weighted by Crippen LogP contribution is 2.34. The molecule has 0 saturated heterocycles. The molecule has 1 aromatic carbocycles. The van der Waals surface area contributed by atoms with Gasteiger partial charge in [-0.25, -0.2) is 4.98 Å². The van der Waals surface area contributed by atoms with Crippen molar-refractivity contribution in [3.63, 3.8) is 0 Å². The maximum absolute atomic E-state index is 12.5. The maximum Gasteiger partial charge on any atom is 0.422 e. The Kier molecular flexibility index (Phi) is 6.75. The minimum Gasteiger partial charge on any atom is -0.482 e. The molecule has 170 valence electrons. The third-order valence-corrected chi connectivity index (χ3v) is 7.04. The van der Waals surface area contributed by atoms with Gasteiger partial charge in [0.15, 0.2) is 6.61 Å². The van der Waals surface area contributed by atoms with Crippen LogP contribution in [0.2, 0.25) is 0 Å². The summed E-state index contributed by atoms with van der Waals surface area (Å²) in [6.45, 7) is -1.43. The number of carbonyl (C=O) groups excluding carboxylic acids is 1. The van der Waals surface area contributed by atoms with Crippen molar-refractivity contribution in [2.75, 3.05) is 17.7 Å². The molecule has 0 spiro atoms. The number of aromatic amines is 1. The first kappa shape index (κ1) is 22.7. The molecular weight excluding hydrogens is 463 g/mol. The van der Waals surface area contributed by atoms with E-state index in [1.807, 2.05) is 0 Å². The second kappa shape index (κ2) is 9.53. The van der Waals surface area contributed by atoms with Crippen LogP contribution < -0.4 is 15.6 Å². The number of halogens is 3. The van der Waals surface area contributed by atoms with Gasteiger partial charge < -0.3 is 15.0 Å². The van der Waals surface area contributed by atoms with Gasteiger partial charge in [-0.3, -0.25) is 9.59 Å². The van der Waals surface area contributed by atoms with Gasteiger partial charge in [-0.05, 0) is 37.0 Å². The zero-order chi connectivity index (χ0) is 22.7. The molecule has 2 N–H and O–H groups in total. The molecule has 2 heterocycles. The highest BCUT2D eigenvalue weighted by molar-refractivity contribution is 7.98. The van der Waals surface area contributed by atoms with Crippen LogP contribution in [0.1, 0.15) is 29.1 Å². The van der Waals surface area contributed by atoms with Crippen molar-refractivity contribution in [3.8, 4) is 5.75 Å². The fraction of sp³-hybridized carbons (Fsp3) is 0.381. The van der Waals surface area contributed by atoms with Gasteiger partial charge >= 0.3 is 6.18 Å². The minimum atomic E-state index is -4.46. The quantitative estimate of drug-likeness (QED) is 0.455. The van der Waals surface area contributed by atoms with E-state index in [0.29, 0.717) is 22.7 Å². The highest BCUT2D eigenvalue weighted by Gasteiger charge is 2.29. The monoisotopic (exact) mass is 483 g/mol. The van der Waals surface area contributed by atoms with Gasteiger partial charge in [0.05, 0.1) is 16.8 Å². The number of H-pyrrole nitrogens is 1. The van der Waals surface area contributed by atoms with Crippen LogP contribution in [0, 0.1) is 0 Å². The lowest BCUT2D eigenvalue weighted by Crippen LogP contribution is -2.20. The van der Waals surface area contributed by atoms with E-state index in [0.717, 1.165) is 29.7 Å². The zero-order valence-electron chi connectivity index (χ0n) is 16.9. The van der Waals surface area contributed by atoms with Crippen LogP contribution in [0.3, 0.4) is 0 Å². The molecule has 2 aromatic heterocycles. The fourth-order valence-corrected chi connectivity index (χ4v) is 5.60. The van der Waals surface area contributed by atoms with Crippen LogP contribution in [-0.4, -0.2) is 34.4 Å². The number of thioether (sulfide) groups is 1. The van der Waals surface area contributed by atoms with Gasteiger partial charge in [-0.2, -0.15) is 24.9 Å². The smallest absolute Gasteiger partial charge is 0.422 e. The summed E-state index contributed by atoms with van der Waals surface area (Å²) in [6, 6.07) is 5.99. The molecule has 32 heavy (non-hydrogen) atoms. The number of para-hydroxylation sites is 2. The summed E-state index contributed by atoms with van der Waals surface area (Å²) in [5.74, 6) is 1.10. The van der Waals surface area contributed by atoms with Crippen LogP contribution in [0.5, 0.6) is 5.75 Å². The van der Waals surface area contributed by atoms with E-state index >= 15 is 0 Å². The van der Waals surface area contributed by atoms with Crippen LogP contribution in [0.15, 0.2) is 29.1 Å². The second-order valence-electron chi connectivity index (χ2n) is 7.30. The van der Waals surface area contributed by atoms with Gasteiger partial charge in [-0.15, -0.1) is 11.3 Å². The first-order valence-electron chi connectivity index (χ1n) is 10.00. The second-order valence-corrected chi connectivity index (χ2v) is 9.49. The van der Waals surface area contributed by atoms with Gasteiger partial charge in [0, 0.05) is 17.1 Å². The van der Waals surface area contributed by atoms with Gasteiger partial charge in [0.2, 0.25) is 5.91 Å². The van der Waals surface area contributed by atoms with Crippen LogP contribution >= 0.6 is 23.1 Å². The molecule has 0 atom stereocenters. The first-order valence-corrected chi connectivity index (χ1v) is 12.0. The number of fused-ring (bicyclic) bond motifs is 3. The summed E-state index contributed by atoms with van der Waals surface area (Å²) in [5.41, 5.74) is 1.21. The third kappa shape index (κ3) is 5.44. The van der Waals surface area contributed by atoms with E-state index in [1.54, 1.807) is 17.4 Å². The standard InChI is InChI=1S/C21H20F3N3O3S2/c22-21(23,24)11-30-14-6-2-1-5-13(14)25-17(28)8-9-31-10-16-26-19(29)18-12-4-3-7-15(12)32-20(18)27-16/h1-2,5-6H,3-4,7-11H2,(H,25,28)(H,26,27,29). The molecule has 11 heteroatoms. The van der Waals surface area contributed by atoms with Crippen molar-refractivity contribution >= 4 is 44.9 Å². The molecule has 0 bridgehead atoms. The van der Waals surface area contributed by atoms with E-state index in [-0.39, 0.29) is 29.3 Å². The minimum absolute atomic E-state index is 0.0382. The van der Waals surface area contributed by atoms with Crippen molar-refractivity contribution < 1.29 is 22.7 Å². The molecule has 0 unspecified atom stereocenters. The van der Waals surface area contributed by atoms with E-state index < -0.39 is 12.8 Å². The summed E-state index contributed by atoms with van der Waals surface area (Å²) >= 11 is 3.02. The average molecular weight is 484 g/mol. The summed E-state index contributed by atoms with van der Waals surface area (Å²) in [4.78, 5) is 34.1. The van der Waals surface area contributed by atoms with Crippen LogP contribution in [0.4, 0.5) is 18.9 Å². The Morgan fingerprint density at radius 1 is 1.28 bits per heavy atom. The van der Waals surface area contributed by atoms with Gasteiger partial charge in [0.1, 0.15) is 16.4 Å². The molecule has 4 rings (SSSR count). The lowest BCUT2D eigenvalue weighted by molar-refractivity contribution is -0.153. The Morgan fingerprint density at radius 2 is 2.09 bits per heavy atom. The van der Waals surface area contributed by atoms with Crippen molar-refractivity contribution in [1.29, 1.82) is 0 Å². The summed E-state index contributed by atoms with van der Waals surface area (Å²) in [5, 5.41) is 3.29. The molecule has 6 nitrogen and oxygen atoms in total. The lowest BCUT2D eigenvalue weighted by Gasteiger charge is -2.13. The number of hydrogen-bond acceptors (Lipinski definition) is 6. The maximum atomic E-state index is 12.5. The summed E-state index contributed by atoms with van der Waals surface area (Å²) < 4.78 is 41.9. The van der Waals surface area contributed by atoms with Crippen molar-refractivity contribution in [3.05, 3.63) is 50.9 Å². The topological polar surface area (TPSA) is 84.1 Å². The number of nitrogens with one attached hydrogen (secondary N) is 2. The van der Waals surface area contributed by atoms with E-state index in [4.69, 9.17) is 4.74 Å². The highest BCUT2D eigenvalue weighted by atomic mass is 32.2. The number of benzene rings is 1. The largest absolute Gasteiger partial charge is 0.482 e. The van der Waals surface area contributed by atoms with E-state index in [2.05, 4.69) is 15.3 Å². The number of alkyl halides is 3. The van der Waals surface area contributed by atoms with Crippen LogP contribution in [-0.2, 0) is 23.4 Å². The normalized spacial score (nSPS) is 13.3. The summed E-state index contributed by atoms with van der Waals surface area (Å²) in [6.07, 6.45) is -1.31. The molecule has 0 radical (unpaired) electrons. The predicted molar refractivity (Wildman–Crippen MR) is 120 cm³/mol. The molecule has 0 saturated carbocycles. The number of aryl methyl sites for hydroxylation is 2. The number of anilines is 1. The van der Waals surface area contributed by atoms with E-state index in [1.165, 1.54) is 34.8 Å². The number of amides is 1. The summed E-state index contributed by atoms with van der Waals surface area (Å²) in [7, 11) is 0. The molecule has 1 aliphatic carbocycles. The van der Waals surface area contributed by atoms with Crippen LogP contribution in [0.25, 0.3) is 10.2 Å². The Hall–Kier alpha value is -2.53. The average Bonchev–Trinajstić information content (AvgIpc) is 3.31. The lowest BCUT2D eigenvalue weighted by atomic mass is 10.2. The zero-order valence-corrected chi connectivity index (χ0v) is 18.5. The number of aromatic nitrogens is 2. The van der Waals surface area contributed by atoms with E-state index in [9.17, 15) is 22.8 Å². The molecule has 3 aromatic rings. The molecule has 0 aliphatic heterocycles. The SMILES string of the molecule is O=C(CCSCc1nc2sc3c(c2c(=O)[nH]1)CCC3)Nc1ccccc1OCC(F)(F)F. The molecule has 1 aliphatic rings. The van der Waals surface area contributed by atoms with Gasteiger partial charge in [-0.1, -0.05) is 12.1 Å². The Morgan fingerprint density at radius 3 is 2.91 bits per heavy atom. The van der Waals surface area contributed by atoms with Gasteiger partial charge in [0.25, 0.3) is 5.56 Å². The molecular formula is C21H20F3N3O3S2.